The summed E-state index contributed by atoms with van der Waals surface area (Å²) < 4.78 is 12.9. The van der Waals surface area contributed by atoms with E-state index in [-0.39, 0.29) is 12.0 Å². The number of hydrogen-bond acceptors (Lipinski definition) is 4. The molecule has 1 atom stereocenters. The molecular weight excluding hydrogens is 292 g/mol. The van der Waals surface area contributed by atoms with Crippen LogP contribution in [0.25, 0.3) is 11.0 Å². The van der Waals surface area contributed by atoms with Gasteiger partial charge in [-0.3, -0.25) is 0 Å². The smallest absolute Gasteiger partial charge is 0.340 e. The number of carbonyl (C=O) groups is 1. The highest BCUT2D eigenvalue weighted by molar-refractivity contribution is 6.05. The predicted octanol–water partition coefficient (Wildman–Crippen LogP) is 3.51. The lowest BCUT2D eigenvalue weighted by Gasteiger charge is -2.30. The van der Waals surface area contributed by atoms with Gasteiger partial charge in [0.1, 0.15) is 5.65 Å². The van der Waals surface area contributed by atoms with E-state index in [9.17, 15) is 4.79 Å². The van der Waals surface area contributed by atoms with Gasteiger partial charge < -0.3 is 14.0 Å². The first kappa shape index (κ1) is 16.0. The minimum absolute atomic E-state index is 0.263. The van der Waals surface area contributed by atoms with E-state index in [1.807, 2.05) is 26.0 Å². The molecule has 1 aliphatic rings. The second kappa shape index (κ2) is 6.71. The molecule has 23 heavy (non-hydrogen) atoms. The molecule has 0 unspecified atom stereocenters. The van der Waals surface area contributed by atoms with E-state index >= 15 is 0 Å². The van der Waals surface area contributed by atoms with E-state index in [2.05, 4.69) is 16.5 Å². The van der Waals surface area contributed by atoms with Crippen LogP contribution in [0.5, 0.6) is 0 Å². The average Bonchev–Trinajstić information content (AvgIpc) is 2.87. The number of pyridine rings is 1. The van der Waals surface area contributed by atoms with E-state index in [1.54, 1.807) is 6.20 Å². The zero-order valence-electron chi connectivity index (χ0n) is 14.0. The Morgan fingerprint density at radius 1 is 1.48 bits per heavy atom. The zero-order valence-corrected chi connectivity index (χ0v) is 14.0. The molecule has 1 fully saturated rings. The second-order valence-electron chi connectivity index (χ2n) is 6.12. The molecule has 3 rings (SSSR count). The van der Waals surface area contributed by atoms with Gasteiger partial charge >= 0.3 is 5.97 Å². The molecular formula is C18H24N2O3. The van der Waals surface area contributed by atoms with Crippen molar-refractivity contribution >= 4 is 17.0 Å². The van der Waals surface area contributed by atoms with Crippen molar-refractivity contribution in [1.82, 2.24) is 9.55 Å². The zero-order chi connectivity index (χ0) is 16.4. The van der Waals surface area contributed by atoms with Crippen molar-refractivity contribution in [2.75, 3.05) is 19.8 Å². The summed E-state index contributed by atoms with van der Waals surface area (Å²) in [6.45, 7) is 8.03. The Morgan fingerprint density at radius 3 is 2.91 bits per heavy atom. The van der Waals surface area contributed by atoms with Crippen LogP contribution < -0.4 is 0 Å². The van der Waals surface area contributed by atoms with Crippen molar-refractivity contribution in [3.63, 3.8) is 0 Å². The summed E-state index contributed by atoms with van der Waals surface area (Å²) in [5.74, 6) is 0.274. The number of hydrogen-bond donors (Lipinski definition) is 0. The Morgan fingerprint density at radius 2 is 2.22 bits per heavy atom. The number of ether oxygens (including phenoxy) is 2. The first-order valence-corrected chi connectivity index (χ1v) is 8.35. The van der Waals surface area contributed by atoms with E-state index in [0.717, 1.165) is 42.8 Å². The Bertz CT molecular complexity index is 702. The molecule has 0 aromatic carbocycles. The molecule has 0 spiro atoms. The third kappa shape index (κ3) is 2.85. The molecule has 5 nitrogen and oxygen atoms in total. The first-order chi connectivity index (χ1) is 11.1. The molecule has 0 amide bonds. The summed E-state index contributed by atoms with van der Waals surface area (Å²) in [4.78, 5) is 17.0. The third-order valence-corrected chi connectivity index (χ3v) is 4.84. The summed E-state index contributed by atoms with van der Waals surface area (Å²) >= 11 is 0. The van der Waals surface area contributed by atoms with Crippen LogP contribution in [0, 0.1) is 12.8 Å². The quantitative estimate of drug-likeness (QED) is 0.810. The number of nitrogens with zero attached hydrogens (tertiary/aromatic N) is 2. The predicted molar refractivity (Wildman–Crippen MR) is 88.7 cm³/mol. The maximum atomic E-state index is 12.4. The minimum Gasteiger partial charge on any atom is -0.462 e. The van der Waals surface area contributed by atoms with Crippen LogP contribution in [0.1, 0.15) is 48.8 Å². The van der Waals surface area contributed by atoms with Crippen LogP contribution in [-0.2, 0) is 9.47 Å². The fourth-order valence-corrected chi connectivity index (χ4v) is 3.63. The second-order valence-corrected chi connectivity index (χ2v) is 6.12. The van der Waals surface area contributed by atoms with Gasteiger partial charge in [0.25, 0.3) is 0 Å². The van der Waals surface area contributed by atoms with Crippen LogP contribution in [0.15, 0.2) is 18.3 Å². The highest BCUT2D eigenvalue weighted by Crippen LogP contribution is 2.34. The van der Waals surface area contributed by atoms with Crippen molar-refractivity contribution in [3.8, 4) is 0 Å². The fraction of sp³-hybridized carbons (Fsp3) is 0.556. The highest BCUT2D eigenvalue weighted by Gasteiger charge is 2.28. The van der Waals surface area contributed by atoms with Crippen molar-refractivity contribution in [2.45, 2.75) is 39.7 Å². The van der Waals surface area contributed by atoms with Crippen LogP contribution in [0.2, 0.25) is 0 Å². The lowest BCUT2D eigenvalue weighted by Crippen LogP contribution is -2.25. The molecule has 1 saturated heterocycles. The SMILES string of the molecule is CCOC(=O)c1c(C)n([C@H](C)C2CCOCC2)c2ncccc12. The number of esters is 1. The third-order valence-electron chi connectivity index (χ3n) is 4.84. The minimum atomic E-state index is -0.263. The summed E-state index contributed by atoms with van der Waals surface area (Å²) in [5, 5.41) is 0.877. The largest absolute Gasteiger partial charge is 0.462 e. The highest BCUT2D eigenvalue weighted by atomic mass is 16.5. The molecule has 5 heteroatoms. The molecule has 0 bridgehead atoms. The van der Waals surface area contributed by atoms with Gasteiger partial charge in [-0.2, -0.15) is 0 Å². The van der Waals surface area contributed by atoms with E-state index in [0.29, 0.717) is 18.1 Å². The van der Waals surface area contributed by atoms with Crippen LogP contribution in [-0.4, -0.2) is 35.3 Å². The van der Waals surface area contributed by atoms with Gasteiger partial charge in [-0.25, -0.2) is 9.78 Å². The van der Waals surface area contributed by atoms with Crippen molar-refractivity contribution < 1.29 is 14.3 Å². The normalized spacial score (nSPS) is 17.3. The van der Waals surface area contributed by atoms with Gasteiger partial charge in [-0.15, -0.1) is 0 Å². The molecule has 1 aliphatic heterocycles. The van der Waals surface area contributed by atoms with Crippen molar-refractivity contribution in [2.24, 2.45) is 5.92 Å². The van der Waals surface area contributed by atoms with Crippen molar-refractivity contribution in [3.05, 3.63) is 29.6 Å². The molecule has 2 aromatic rings. The lowest BCUT2D eigenvalue weighted by atomic mass is 9.92. The Hall–Kier alpha value is -1.88. The van der Waals surface area contributed by atoms with Gasteiger partial charge in [-0.1, -0.05) is 0 Å². The van der Waals surface area contributed by atoms with Crippen LogP contribution in [0.3, 0.4) is 0 Å². The Labute approximate surface area is 136 Å². The van der Waals surface area contributed by atoms with E-state index < -0.39 is 0 Å². The van der Waals surface area contributed by atoms with Gasteiger partial charge in [0, 0.05) is 36.5 Å². The van der Waals surface area contributed by atoms with Crippen LogP contribution in [0.4, 0.5) is 0 Å². The standard InChI is InChI=1S/C18H24N2O3/c1-4-23-18(21)16-13(3)20(17-15(16)6-5-9-19-17)12(2)14-7-10-22-11-8-14/h5-6,9,12,14H,4,7-8,10-11H2,1-3H3/t12-/m1/s1. The molecule has 0 saturated carbocycles. The topological polar surface area (TPSA) is 53.4 Å². The molecule has 0 aliphatic carbocycles. The summed E-state index contributed by atoms with van der Waals surface area (Å²) in [6, 6.07) is 4.10. The average molecular weight is 316 g/mol. The molecule has 3 heterocycles. The van der Waals surface area contributed by atoms with Gasteiger partial charge in [0.05, 0.1) is 12.2 Å². The Kier molecular flexibility index (Phi) is 4.66. The number of carbonyl (C=O) groups excluding carboxylic acids is 1. The van der Waals surface area contributed by atoms with Gasteiger partial charge in [-0.05, 0) is 51.7 Å². The maximum absolute atomic E-state index is 12.4. The molecule has 124 valence electrons. The number of aromatic nitrogens is 2. The molecule has 0 N–H and O–H groups in total. The monoisotopic (exact) mass is 316 g/mol. The first-order valence-electron chi connectivity index (χ1n) is 8.35. The molecule has 0 radical (unpaired) electrons. The summed E-state index contributed by atoms with van der Waals surface area (Å²) in [6.07, 6.45) is 3.87. The number of fused-ring (bicyclic) bond motifs is 1. The van der Waals surface area contributed by atoms with Gasteiger partial charge in [0.2, 0.25) is 0 Å². The summed E-state index contributed by atoms with van der Waals surface area (Å²) in [7, 11) is 0. The van der Waals surface area contributed by atoms with Gasteiger partial charge in [0.15, 0.2) is 0 Å². The fourth-order valence-electron chi connectivity index (χ4n) is 3.63. The van der Waals surface area contributed by atoms with E-state index in [1.165, 1.54) is 0 Å². The molecule has 2 aromatic heterocycles. The maximum Gasteiger partial charge on any atom is 0.340 e. The number of rotatable bonds is 4. The Balaban J connectivity index is 2.09. The van der Waals surface area contributed by atoms with Crippen molar-refractivity contribution in [1.29, 1.82) is 0 Å². The lowest BCUT2D eigenvalue weighted by molar-refractivity contribution is 0.0504. The van der Waals surface area contributed by atoms with Crippen LogP contribution >= 0.6 is 0 Å². The summed E-state index contributed by atoms with van der Waals surface area (Å²) in [5.41, 5.74) is 2.46. The van der Waals surface area contributed by atoms with E-state index in [4.69, 9.17) is 9.47 Å².